The summed E-state index contributed by atoms with van der Waals surface area (Å²) >= 11 is 0. The van der Waals surface area contributed by atoms with Crippen molar-refractivity contribution < 1.29 is 14.3 Å². The van der Waals surface area contributed by atoms with E-state index in [1.807, 2.05) is 39.0 Å². The third-order valence-corrected chi connectivity index (χ3v) is 4.03. The van der Waals surface area contributed by atoms with E-state index in [2.05, 4.69) is 17.0 Å². The molecule has 0 radical (unpaired) electrons. The van der Waals surface area contributed by atoms with E-state index in [-0.39, 0.29) is 12.1 Å². The summed E-state index contributed by atoms with van der Waals surface area (Å²) in [5.41, 5.74) is 0.715. The van der Waals surface area contributed by atoms with Crippen molar-refractivity contribution in [1.29, 1.82) is 0 Å². The lowest BCUT2D eigenvalue weighted by Gasteiger charge is -2.32. The maximum Gasteiger partial charge on any atom is 0.410 e. The quantitative estimate of drug-likeness (QED) is 0.795. The van der Waals surface area contributed by atoms with Crippen LogP contribution in [0.15, 0.2) is 30.3 Å². The highest BCUT2D eigenvalue weighted by Crippen LogP contribution is 2.18. The number of nitrogens with zero attached hydrogens (tertiary/aromatic N) is 2. The second-order valence-corrected chi connectivity index (χ2v) is 7.30. The van der Waals surface area contributed by atoms with E-state index in [4.69, 9.17) is 4.74 Å². The molecule has 24 heavy (non-hydrogen) atoms. The number of benzene rings is 1. The van der Waals surface area contributed by atoms with Gasteiger partial charge in [-0.1, -0.05) is 30.3 Å². The summed E-state index contributed by atoms with van der Waals surface area (Å²) in [7, 11) is 0. The topological polar surface area (TPSA) is 49.9 Å². The smallest absolute Gasteiger partial charge is 0.410 e. The molecule has 0 bridgehead atoms. The molecule has 1 atom stereocenters. The van der Waals surface area contributed by atoms with Crippen molar-refractivity contribution in [3.05, 3.63) is 35.9 Å². The van der Waals surface area contributed by atoms with Crippen molar-refractivity contribution in [3.8, 4) is 0 Å². The van der Waals surface area contributed by atoms with E-state index in [0.29, 0.717) is 19.5 Å². The number of carbonyl (C=O) groups excluding carboxylic acids is 2. The Kier molecular flexibility index (Phi) is 6.37. The first-order valence-electron chi connectivity index (χ1n) is 8.58. The van der Waals surface area contributed by atoms with Crippen LogP contribution in [0.4, 0.5) is 4.79 Å². The van der Waals surface area contributed by atoms with Crippen LogP contribution in [0.25, 0.3) is 0 Å². The molecule has 0 N–H and O–H groups in total. The van der Waals surface area contributed by atoms with Gasteiger partial charge in [0.15, 0.2) is 0 Å². The first kappa shape index (κ1) is 18.5. The predicted molar refractivity (Wildman–Crippen MR) is 93.7 cm³/mol. The van der Waals surface area contributed by atoms with Gasteiger partial charge >= 0.3 is 6.09 Å². The molecule has 1 aliphatic heterocycles. The van der Waals surface area contributed by atoms with Gasteiger partial charge in [-0.2, -0.15) is 0 Å². The highest BCUT2D eigenvalue weighted by atomic mass is 16.6. The molecular formula is C19H28N2O3. The van der Waals surface area contributed by atoms with Crippen molar-refractivity contribution in [2.24, 2.45) is 0 Å². The fourth-order valence-corrected chi connectivity index (χ4v) is 2.99. The van der Waals surface area contributed by atoms with Crippen LogP contribution in [-0.2, 0) is 16.1 Å². The first-order chi connectivity index (χ1) is 11.4. The Morgan fingerprint density at radius 1 is 1.25 bits per heavy atom. The SMILES string of the molecule is CC(C)(C)OC(=O)N1CCCN(Cc2ccccc2)C[C@H]1CC=O. The molecule has 5 nitrogen and oxygen atoms in total. The van der Waals surface area contributed by atoms with Crippen LogP contribution in [0.5, 0.6) is 0 Å². The summed E-state index contributed by atoms with van der Waals surface area (Å²) in [5, 5.41) is 0. The summed E-state index contributed by atoms with van der Waals surface area (Å²) in [6.45, 7) is 8.63. The maximum absolute atomic E-state index is 12.5. The summed E-state index contributed by atoms with van der Waals surface area (Å²) in [4.78, 5) is 27.6. The molecule has 1 aromatic rings. The number of hydrogen-bond donors (Lipinski definition) is 0. The lowest BCUT2D eigenvalue weighted by Crippen LogP contribution is -2.46. The Hall–Kier alpha value is -1.88. The predicted octanol–water partition coefficient (Wildman–Crippen LogP) is 3.09. The Labute approximate surface area is 144 Å². The molecular weight excluding hydrogens is 304 g/mol. The number of ether oxygens (including phenoxy) is 1. The molecule has 0 aromatic heterocycles. The number of carbonyl (C=O) groups is 2. The van der Waals surface area contributed by atoms with E-state index >= 15 is 0 Å². The van der Waals surface area contributed by atoms with Gasteiger partial charge in [0.1, 0.15) is 11.9 Å². The average Bonchev–Trinajstić information content (AvgIpc) is 2.69. The fourth-order valence-electron chi connectivity index (χ4n) is 2.99. The van der Waals surface area contributed by atoms with Crippen molar-refractivity contribution in [2.45, 2.75) is 51.8 Å². The Morgan fingerprint density at radius 3 is 2.58 bits per heavy atom. The summed E-state index contributed by atoms with van der Waals surface area (Å²) in [6, 6.07) is 10.1. The largest absolute Gasteiger partial charge is 0.444 e. The molecule has 0 spiro atoms. The molecule has 0 unspecified atom stereocenters. The Morgan fingerprint density at radius 2 is 1.96 bits per heavy atom. The van der Waals surface area contributed by atoms with Gasteiger partial charge in [0.2, 0.25) is 0 Å². The zero-order valence-electron chi connectivity index (χ0n) is 14.9. The number of aldehydes is 1. The van der Waals surface area contributed by atoms with Gasteiger partial charge in [0.05, 0.1) is 6.04 Å². The highest BCUT2D eigenvalue weighted by molar-refractivity contribution is 5.69. The minimum Gasteiger partial charge on any atom is -0.444 e. The lowest BCUT2D eigenvalue weighted by atomic mass is 10.1. The van der Waals surface area contributed by atoms with Gasteiger partial charge < -0.3 is 14.4 Å². The number of rotatable bonds is 4. The molecule has 1 aromatic carbocycles. The minimum absolute atomic E-state index is 0.136. The third kappa shape index (κ3) is 5.64. The Bertz CT molecular complexity index is 539. The molecule has 1 saturated heterocycles. The van der Waals surface area contributed by atoms with E-state index in [0.717, 1.165) is 25.8 Å². The fraction of sp³-hybridized carbons (Fsp3) is 0.579. The van der Waals surface area contributed by atoms with Crippen LogP contribution < -0.4 is 0 Å². The van der Waals surface area contributed by atoms with E-state index in [9.17, 15) is 9.59 Å². The van der Waals surface area contributed by atoms with Crippen molar-refractivity contribution in [1.82, 2.24) is 9.80 Å². The molecule has 1 heterocycles. The summed E-state index contributed by atoms with van der Waals surface area (Å²) in [5.74, 6) is 0. The normalized spacial score (nSPS) is 19.6. The van der Waals surface area contributed by atoms with Crippen LogP contribution in [0.2, 0.25) is 0 Å². The van der Waals surface area contributed by atoms with Gasteiger partial charge in [-0.15, -0.1) is 0 Å². The van der Waals surface area contributed by atoms with Gasteiger partial charge in [-0.3, -0.25) is 4.90 Å². The Balaban J connectivity index is 2.06. The van der Waals surface area contributed by atoms with Crippen molar-refractivity contribution >= 4 is 12.4 Å². The van der Waals surface area contributed by atoms with Crippen LogP contribution in [-0.4, -0.2) is 53.5 Å². The van der Waals surface area contributed by atoms with Gasteiger partial charge in [0, 0.05) is 32.6 Å². The monoisotopic (exact) mass is 332 g/mol. The second-order valence-electron chi connectivity index (χ2n) is 7.30. The second kappa shape index (κ2) is 8.29. The van der Waals surface area contributed by atoms with Gasteiger partial charge in [-0.05, 0) is 32.8 Å². The molecule has 1 aliphatic rings. The number of amides is 1. The molecule has 5 heteroatoms. The molecule has 132 valence electrons. The third-order valence-electron chi connectivity index (χ3n) is 4.03. The van der Waals surface area contributed by atoms with E-state index in [1.54, 1.807) is 4.90 Å². The van der Waals surface area contributed by atoms with Gasteiger partial charge in [0.25, 0.3) is 0 Å². The molecule has 0 aliphatic carbocycles. The van der Waals surface area contributed by atoms with Crippen LogP contribution in [0.1, 0.15) is 39.2 Å². The molecule has 2 rings (SSSR count). The van der Waals surface area contributed by atoms with Crippen LogP contribution in [0.3, 0.4) is 0 Å². The van der Waals surface area contributed by atoms with Gasteiger partial charge in [-0.25, -0.2) is 4.79 Å². The van der Waals surface area contributed by atoms with Crippen molar-refractivity contribution in [3.63, 3.8) is 0 Å². The van der Waals surface area contributed by atoms with Crippen molar-refractivity contribution in [2.75, 3.05) is 19.6 Å². The standard InChI is InChI=1S/C19H28N2O3/c1-19(2,3)24-18(23)21-12-7-11-20(15-17(21)10-13-22)14-16-8-5-4-6-9-16/h4-6,8-9,13,17H,7,10-12,14-15H2,1-3H3/t17-/m1/s1. The highest BCUT2D eigenvalue weighted by Gasteiger charge is 2.31. The van der Waals surface area contributed by atoms with E-state index in [1.165, 1.54) is 5.56 Å². The maximum atomic E-state index is 12.5. The minimum atomic E-state index is -0.529. The average molecular weight is 332 g/mol. The number of hydrogen-bond acceptors (Lipinski definition) is 4. The molecule has 1 fully saturated rings. The summed E-state index contributed by atoms with van der Waals surface area (Å²) in [6.07, 6.45) is 1.79. The van der Waals surface area contributed by atoms with Crippen LogP contribution in [0, 0.1) is 0 Å². The molecule has 0 saturated carbocycles. The van der Waals surface area contributed by atoms with E-state index < -0.39 is 5.60 Å². The molecule has 1 amide bonds. The first-order valence-corrected chi connectivity index (χ1v) is 8.58. The van der Waals surface area contributed by atoms with Crippen LogP contribution >= 0.6 is 0 Å². The summed E-state index contributed by atoms with van der Waals surface area (Å²) < 4.78 is 5.52. The zero-order chi connectivity index (χ0) is 17.6. The lowest BCUT2D eigenvalue weighted by molar-refractivity contribution is -0.108. The zero-order valence-corrected chi connectivity index (χ0v) is 14.9.